The van der Waals surface area contributed by atoms with Crippen molar-refractivity contribution in [2.24, 2.45) is 0 Å². The quantitative estimate of drug-likeness (QED) is 0.620. The van der Waals surface area contributed by atoms with Crippen LogP contribution in [-0.2, 0) is 0 Å². The van der Waals surface area contributed by atoms with Crippen molar-refractivity contribution in [2.75, 3.05) is 17.3 Å². The lowest BCUT2D eigenvalue weighted by atomic mass is 10.4. The fourth-order valence-corrected chi connectivity index (χ4v) is 1.39. The molecule has 0 aromatic carbocycles. The summed E-state index contributed by atoms with van der Waals surface area (Å²) in [6, 6.07) is 3.58. The van der Waals surface area contributed by atoms with E-state index in [1.54, 1.807) is 6.07 Å². The molecule has 0 fully saturated rings. The lowest BCUT2D eigenvalue weighted by Crippen LogP contribution is -2.23. The number of aromatic nitrogens is 2. The average molecular weight is 218 g/mol. The van der Waals surface area contributed by atoms with Crippen LogP contribution in [-0.4, -0.2) is 22.6 Å². The van der Waals surface area contributed by atoms with Gasteiger partial charge in [0, 0.05) is 6.54 Å². The Kier molecular flexibility index (Phi) is 4.32. The second-order valence-corrected chi connectivity index (χ2v) is 3.29. The summed E-state index contributed by atoms with van der Waals surface area (Å²) in [6.07, 6.45) is 1.06. The van der Waals surface area contributed by atoms with Crippen molar-refractivity contribution in [3.05, 3.63) is 17.3 Å². The monoisotopic (exact) mass is 217 g/mol. The Morgan fingerprint density at radius 3 is 2.69 bits per heavy atom. The molecule has 0 radical (unpaired) electrons. The Hall–Kier alpha value is -0.480. The van der Waals surface area contributed by atoms with Gasteiger partial charge in [-0.3, -0.25) is 0 Å². The maximum atomic E-state index is 5.63. The normalized spacial score (nSPS) is 10.1. The molecule has 13 heavy (non-hydrogen) atoms. The number of hydrogen-bond acceptors (Lipinski definition) is 4. The molecule has 1 heterocycles. The van der Waals surface area contributed by atoms with Gasteiger partial charge < -0.3 is 4.90 Å². The van der Waals surface area contributed by atoms with Crippen molar-refractivity contribution in [1.82, 2.24) is 10.2 Å². The van der Waals surface area contributed by atoms with Crippen LogP contribution in [0.3, 0.4) is 0 Å². The fraction of sp³-hybridized carbons (Fsp3) is 0.500. The molecular formula is C8H12ClN3S. The largest absolute Gasteiger partial charge is 0.346 e. The molecule has 0 aliphatic rings. The van der Waals surface area contributed by atoms with Crippen molar-refractivity contribution in [1.29, 1.82) is 0 Å². The highest BCUT2D eigenvalue weighted by atomic mass is 35.5. The first kappa shape index (κ1) is 10.6. The van der Waals surface area contributed by atoms with E-state index in [1.165, 1.54) is 0 Å². The topological polar surface area (TPSA) is 29.0 Å². The van der Waals surface area contributed by atoms with Gasteiger partial charge in [-0.25, -0.2) is 0 Å². The fourth-order valence-electron chi connectivity index (χ4n) is 1.01. The van der Waals surface area contributed by atoms with Crippen LogP contribution in [0.5, 0.6) is 0 Å². The lowest BCUT2D eigenvalue weighted by molar-refractivity contribution is 0.811. The first-order valence-corrected chi connectivity index (χ1v) is 5.14. The van der Waals surface area contributed by atoms with Crippen LogP contribution in [0, 0.1) is 0 Å². The molecule has 72 valence electrons. The maximum absolute atomic E-state index is 5.63. The van der Waals surface area contributed by atoms with Crippen LogP contribution in [0.2, 0.25) is 5.15 Å². The number of thiol groups is 1. The molecule has 0 bridgehead atoms. The summed E-state index contributed by atoms with van der Waals surface area (Å²) >= 11 is 9.84. The molecule has 0 saturated heterocycles. The van der Waals surface area contributed by atoms with Crippen LogP contribution >= 0.6 is 24.2 Å². The molecule has 0 aliphatic carbocycles. The molecule has 0 amide bonds. The summed E-state index contributed by atoms with van der Waals surface area (Å²) in [6.45, 7) is 3.04. The van der Waals surface area contributed by atoms with Gasteiger partial charge in [0.05, 0.1) is 5.88 Å². The standard InChI is InChI=1S/C8H12ClN3S/c1-2-5-12(6-13)8-4-3-7(9)10-11-8/h3-4,13H,2,5-6H2,1H3. The summed E-state index contributed by atoms with van der Waals surface area (Å²) in [5.74, 6) is 1.46. The number of halogens is 1. The van der Waals surface area contributed by atoms with E-state index in [-0.39, 0.29) is 0 Å². The number of anilines is 1. The van der Waals surface area contributed by atoms with Gasteiger partial charge in [-0.05, 0) is 18.6 Å². The Balaban J connectivity index is 2.73. The zero-order chi connectivity index (χ0) is 9.68. The predicted molar refractivity (Wildman–Crippen MR) is 58.5 cm³/mol. The lowest BCUT2D eigenvalue weighted by Gasteiger charge is -2.19. The van der Waals surface area contributed by atoms with Crippen LogP contribution < -0.4 is 4.90 Å². The molecule has 5 heteroatoms. The second kappa shape index (κ2) is 5.29. The van der Waals surface area contributed by atoms with E-state index in [4.69, 9.17) is 11.6 Å². The predicted octanol–water partition coefficient (Wildman–Crippen LogP) is 2.23. The number of nitrogens with zero attached hydrogens (tertiary/aromatic N) is 3. The van der Waals surface area contributed by atoms with Gasteiger partial charge in [-0.1, -0.05) is 18.5 Å². The molecule has 0 saturated carbocycles. The third kappa shape index (κ3) is 3.04. The van der Waals surface area contributed by atoms with Gasteiger partial charge in [0.2, 0.25) is 0 Å². The molecule has 0 spiro atoms. The third-order valence-electron chi connectivity index (χ3n) is 1.61. The minimum absolute atomic E-state index is 0.416. The first-order valence-electron chi connectivity index (χ1n) is 4.13. The van der Waals surface area contributed by atoms with Gasteiger partial charge in [0.25, 0.3) is 0 Å². The molecule has 1 aromatic heterocycles. The minimum Gasteiger partial charge on any atom is -0.346 e. The maximum Gasteiger partial charge on any atom is 0.152 e. The van der Waals surface area contributed by atoms with Gasteiger partial charge in [-0.2, -0.15) is 12.6 Å². The summed E-state index contributed by atoms with van der Waals surface area (Å²) in [7, 11) is 0. The van der Waals surface area contributed by atoms with E-state index < -0.39 is 0 Å². The summed E-state index contributed by atoms with van der Waals surface area (Å²) in [4.78, 5) is 2.03. The van der Waals surface area contributed by atoms with Crippen molar-refractivity contribution < 1.29 is 0 Å². The van der Waals surface area contributed by atoms with E-state index >= 15 is 0 Å². The van der Waals surface area contributed by atoms with Crippen molar-refractivity contribution in [3.8, 4) is 0 Å². The molecule has 0 atom stereocenters. The van der Waals surface area contributed by atoms with E-state index in [9.17, 15) is 0 Å². The molecule has 1 aromatic rings. The highest BCUT2D eigenvalue weighted by Gasteiger charge is 2.04. The minimum atomic E-state index is 0.416. The van der Waals surface area contributed by atoms with Crippen molar-refractivity contribution >= 4 is 30.0 Å². The molecule has 0 aliphatic heterocycles. The zero-order valence-electron chi connectivity index (χ0n) is 7.44. The summed E-state index contributed by atoms with van der Waals surface area (Å²) < 4.78 is 0. The van der Waals surface area contributed by atoms with Crippen LogP contribution in [0.1, 0.15) is 13.3 Å². The van der Waals surface area contributed by atoms with Gasteiger partial charge in [-0.15, -0.1) is 10.2 Å². The van der Waals surface area contributed by atoms with Crippen LogP contribution in [0.4, 0.5) is 5.82 Å². The zero-order valence-corrected chi connectivity index (χ0v) is 9.09. The Bertz CT molecular complexity index is 252. The van der Waals surface area contributed by atoms with E-state index in [0.29, 0.717) is 11.0 Å². The summed E-state index contributed by atoms with van der Waals surface area (Å²) in [5, 5.41) is 8.15. The molecule has 0 unspecified atom stereocenters. The van der Waals surface area contributed by atoms with Crippen LogP contribution in [0.15, 0.2) is 12.1 Å². The van der Waals surface area contributed by atoms with Crippen LogP contribution in [0.25, 0.3) is 0 Å². The molecule has 0 N–H and O–H groups in total. The van der Waals surface area contributed by atoms with E-state index in [2.05, 4.69) is 29.7 Å². The Morgan fingerprint density at radius 1 is 1.46 bits per heavy atom. The Morgan fingerprint density at radius 2 is 2.23 bits per heavy atom. The first-order chi connectivity index (χ1) is 6.27. The molecule has 3 nitrogen and oxygen atoms in total. The second-order valence-electron chi connectivity index (χ2n) is 2.62. The SMILES string of the molecule is CCCN(CS)c1ccc(Cl)nn1. The number of hydrogen-bond donors (Lipinski definition) is 1. The third-order valence-corrected chi connectivity index (χ3v) is 2.15. The van der Waals surface area contributed by atoms with E-state index in [0.717, 1.165) is 18.8 Å². The highest BCUT2D eigenvalue weighted by Crippen LogP contribution is 2.12. The van der Waals surface area contributed by atoms with E-state index in [1.807, 2.05) is 11.0 Å². The van der Waals surface area contributed by atoms with Crippen molar-refractivity contribution in [3.63, 3.8) is 0 Å². The molecule has 1 rings (SSSR count). The van der Waals surface area contributed by atoms with Gasteiger partial charge in [0.15, 0.2) is 11.0 Å². The van der Waals surface area contributed by atoms with Gasteiger partial charge in [0.1, 0.15) is 0 Å². The van der Waals surface area contributed by atoms with Crippen molar-refractivity contribution in [2.45, 2.75) is 13.3 Å². The smallest absolute Gasteiger partial charge is 0.152 e. The summed E-state index contributed by atoms with van der Waals surface area (Å²) in [5.41, 5.74) is 0. The number of rotatable bonds is 4. The average Bonchev–Trinajstić information content (AvgIpc) is 2.16. The molecular weight excluding hydrogens is 206 g/mol. The van der Waals surface area contributed by atoms with Gasteiger partial charge >= 0.3 is 0 Å². The Labute approximate surface area is 88.5 Å². The highest BCUT2D eigenvalue weighted by molar-refractivity contribution is 7.80.